The van der Waals surface area contributed by atoms with Crippen LogP contribution in [0, 0.1) is 0 Å². The number of benzene rings is 1. The van der Waals surface area contributed by atoms with Crippen molar-refractivity contribution in [2.24, 2.45) is 0 Å². The van der Waals surface area contributed by atoms with Crippen LogP contribution < -0.4 is 10.9 Å². The van der Waals surface area contributed by atoms with E-state index in [1.54, 1.807) is 24.4 Å². The van der Waals surface area contributed by atoms with E-state index in [1.807, 2.05) is 6.92 Å². The number of aryl methyl sites for hydroxylation is 2. The third-order valence-electron chi connectivity index (χ3n) is 5.08. The molecule has 3 aromatic rings. The van der Waals surface area contributed by atoms with Crippen molar-refractivity contribution >= 4 is 11.6 Å². The van der Waals surface area contributed by atoms with Crippen molar-refractivity contribution in [2.75, 3.05) is 0 Å². The smallest absolute Gasteiger partial charge is 0.270 e. The van der Waals surface area contributed by atoms with Crippen LogP contribution in [0.4, 0.5) is 0 Å². The van der Waals surface area contributed by atoms with Gasteiger partial charge in [0.2, 0.25) is 0 Å². The van der Waals surface area contributed by atoms with Gasteiger partial charge in [-0.2, -0.15) is 0 Å². The molecule has 0 spiro atoms. The molecule has 0 saturated carbocycles. The molecule has 5 nitrogen and oxygen atoms in total. The van der Waals surface area contributed by atoms with Crippen LogP contribution >= 0.6 is 0 Å². The highest BCUT2D eigenvalue weighted by Gasteiger charge is 2.18. The molecule has 26 heavy (non-hydrogen) atoms. The van der Waals surface area contributed by atoms with E-state index in [9.17, 15) is 9.59 Å². The molecular weight excluding hydrogens is 326 g/mol. The Balaban J connectivity index is 1.58. The lowest BCUT2D eigenvalue weighted by molar-refractivity contribution is 0.0938. The number of nitrogens with one attached hydrogen (secondary N) is 1. The Bertz CT molecular complexity index is 1040. The van der Waals surface area contributed by atoms with Gasteiger partial charge in [0, 0.05) is 12.4 Å². The van der Waals surface area contributed by atoms with Gasteiger partial charge in [-0.25, -0.2) is 4.98 Å². The molecule has 0 saturated heterocycles. The molecule has 1 amide bonds. The summed E-state index contributed by atoms with van der Waals surface area (Å²) in [5.74, 6) is -0.397. The van der Waals surface area contributed by atoms with Crippen molar-refractivity contribution in [2.45, 2.75) is 38.6 Å². The summed E-state index contributed by atoms with van der Waals surface area (Å²) in [7, 11) is 0. The first-order valence-corrected chi connectivity index (χ1v) is 9.02. The topological polar surface area (TPSA) is 63.5 Å². The van der Waals surface area contributed by atoms with Crippen molar-refractivity contribution in [3.05, 3.63) is 81.4 Å². The van der Waals surface area contributed by atoms with E-state index >= 15 is 0 Å². The molecule has 0 bridgehead atoms. The van der Waals surface area contributed by atoms with Crippen LogP contribution in [0.1, 0.15) is 52.9 Å². The molecule has 2 aromatic heterocycles. The van der Waals surface area contributed by atoms with E-state index in [-0.39, 0.29) is 17.2 Å². The monoisotopic (exact) mass is 347 g/mol. The standard InChI is InChI=1S/C21H21N3O2/c1-14(16-10-9-15-6-2-3-7-17(15)12-16)23-20(25)18-13-22-19-8-4-5-11-24(19)21(18)26/h4-5,8-14H,2-3,6-7H2,1H3,(H,23,25). The summed E-state index contributed by atoms with van der Waals surface area (Å²) in [5.41, 5.74) is 4.08. The van der Waals surface area contributed by atoms with Gasteiger partial charge in [0.15, 0.2) is 0 Å². The lowest BCUT2D eigenvalue weighted by atomic mass is 9.89. The maximum atomic E-state index is 12.6. The van der Waals surface area contributed by atoms with E-state index in [2.05, 4.69) is 28.5 Å². The van der Waals surface area contributed by atoms with Gasteiger partial charge in [-0.05, 0) is 61.4 Å². The summed E-state index contributed by atoms with van der Waals surface area (Å²) in [5, 5.41) is 2.93. The molecule has 1 aliphatic carbocycles. The number of rotatable bonds is 3. The summed E-state index contributed by atoms with van der Waals surface area (Å²) >= 11 is 0. The van der Waals surface area contributed by atoms with Crippen molar-refractivity contribution in [3.8, 4) is 0 Å². The number of pyridine rings is 1. The summed E-state index contributed by atoms with van der Waals surface area (Å²) in [6, 6.07) is 11.5. The zero-order chi connectivity index (χ0) is 18.1. The number of amides is 1. The second-order valence-corrected chi connectivity index (χ2v) is 6.84. The number of hydrogen-bond donors (Lipinski definition) is 1. The number of hydrogen-bond acceptors (Lipinski definition) is 3. The molecular formula is C21H21N3O2. The Hall–Kier alpha value is -2.95. The second kappa shape index (κ2) is 6.75. The van der Waals surface area contributed by atoms with Crippen LogP contribution in [-0.2, 0) is 12.8 Å². The molecule has 0 aliphatic heterocycles. The maximum absolute atomic E-state index is 12.6. The van der Waals surface area contributed by atoms with Crippen LogP contribution in [0.3, 0.4) is 0 Å². The van der Waals surface area contributed by atoms with E-state index < -0.39 is 5.91 Å². The van der Waals surface area contributed by atoms with Crippen LogP contribution in [0.15, 0.2) is 53.6 Å². The predicted molar refractivity (Wildman–Crippen MR) is 100 cm³/mol. The fourth-order valence-electron chi connectivity index (χ4n) is 3.56. The number of fused-ring (bicyclic) bond motifs is 2. The Morgan fingerprint density at radius 2 is 1.96 bits per heavy atom. The molecule has 5 heteroatoms. The average Bonchev–Trinajstić information content (AvgIpc) is 2.68. The fourth-order valence-corrected chi connectivity index (χ4v) is 3.56. The van der Waals surface area contributed by atoms with Gasteiger partial charge in [0.1, 0.15) is 11.2 Å². The van der Waals surface area contributed by atoms with Crippen molar-refractivity contribution < 1.29 is 4.79 Å². The Kier molecular flexibility index (Phi) is 4.29. The van der Waals surface area contributed by atoms with Crippen LogP contribution in [0.2, 0.25) is 0 Å². The highest BCUT2D eigenvalue weighted by Crippen LogP contribution is 2.24. The van der Waals surface area contributed by atoms with Gasteiger partial charge in [0.05, 0.1) is 6.04 Å². The van der Waals surface area contributed by atoms with Gasteiger partial charge < -0.3 is 5.32 Å². The zero-order valence-corrected chi connectivity index (χ0v) is 14.7. The lowest BCUT2D eigenvalue weighted by Crippen LogP contribution is -2.33. The Morgan fingerprint density at radius 3 is 2.81 bits per heavy atom. The quantitative estimate of drug-likeness (QED) is 0.792. The van der Waals surface area contributed by atoms with Crippen LogP contribution in [0.25, 0.3) is 5.65 Å². The molecule has 0 radical (unpaired) electrons. The minimum Gasteiger partial charge on any atom is -0.345 e. The maximum Gasteiger partial charge on any atom is 0.270 e. The minimum absolute atomic E-state index is 0.0542. The first kappa shape index (κ1) is 16.5. The average molecular weight is 347 g/mol. The van der Waals surface area contributed by atoms with Crippen molar-refractivity contribution in [1.29, 1.82) is 0 Å². The van der Waals surface area contributed by atoms with Crippen LogP contribution in [-0.4, -0.2) is 15.3 Å². The predicted octanol–water partition coefficient (Wildman–Crippen LogP) is 3.06. The number of carbonyl (C=O) groups is 1. The molecule has 1 aromatic carbocycles. The van der Waals surface area contributed by atoms with Gasteiger partial charge in [-0.15, -0.1) is 0 Å². The highest BCUT2D eigenvalue weighted by atomic mass is 16.2. The second-order valence-electron chi connectivity index (χ2n) is 6.84. The molecule has 132 valence electrons. The van der Waals surface area contributed by atoms with E-state index in [1.165, 1.54) is 34.6 Å². The largest absolute Gasteiger partial charge is 0.345 e. The van der Waals surface area contributed by atoms with E-state index in [0.29, 0.717) is 5.65 Å². The zero-order valence-electron chi connectivity index (χ0n) is 14.7. The minimum atomic E-state index is -0.397. The summed E-state index contributed by atoms with van der Waals surface area (Å²) in [6.45, 7) is 1.94. The number of nitrogens with zero attached hydrogens (tertiary/aromatic N) is 2. The number of aromatic nitrogens is 2. The molecule has 4 rings (SSSR count). The highest BCUT2D eigenvalue weighted by molar-refractivity contribution is 5.94. The molecule has 2 heterocycles. The van der Waals surface area contributed by atoms with Crippen molar-refractivity contribution in [3.63, 3.8) is 0 Å². The molecule has 1 unspecified atom stereocenters. The molecule has 1 aliphatic rings. The Morgan fingerprint density at radius 1 is 1.15 bits per heavy atom. The molecule has 0 fully saturated rings. The van der Waals surface area contributed by atoms with Crippen LogP contribution in [0.5, 0.6) is 0 Å². The third kappa shape index (κ3) is 3.01. The molecule has 1 atom stereocenters. The SMILES string of the molecule is CC(NC(=O)c1cnc2ccccn2c1=O)c1ccc2c(c1)CCCC2. The van der Waals surface area contributed by atoms with Gasteiger partial charge in [-0.3, -0.25) is 14.0 Å². The normalized spacial score (nSPS) is 14.7. The Labute approximate surface area is 151 Å². The molecule has 1 N–H and O–H groups in total. The lowest BCUT2D eigenvalue weighted by Gasteiger charge is -2.20. The van der Waals surface area contributed by atoms with Gasteiger partial charge in [-0.1, -0.05) is 24.3 Å². The van der Waals surface area contributed by atoms with Gasteiger partial charge in [0.25, 0.3) is 11.5 Å². The summed E-state index contributed by atoms with van der Waals surface area (Å²) in [6.07, 6.45) is 7.67. The summed E-state index contributed by atoms with van der Waals surface area (Å²) < 4.78 is 1.39. The third-order valence-corrected chi connectivity index (χ3v) is 5.08. The number of carbonyl (C=O) groups excluding carboxylic acids is 1. The first-order chi connectivity index (χ1) is 12.6. The first-order valence-electron chi connectivity index (χ1n) is 9.02. The van der Waals surface area contributed by atoms with E-state index in [0.717, 1.165) is 18.4 Å². The van der Waals surface area contributed by atoms with Gasteiger partial charge >= 0.3 is 0 Å². The van der Waals surface area contributed by atoms with E-state index in [4.69, 9.17) is 0 Å². The fraction of sp³-hybridized carbons (Fsp3) is 0.286. The van der Waals surface area contributed by atoms with Crippen molar-refractivity contribution in [1.82, 2.24) is 14.7 Å². The summed E-state index contributed by atoms with van der Waals surface area (Å²) in [4.78, 5) is 29.4.